The number of halogens is 3. The zero-order valence-electron chi connectivity index (χ0n) is 9.29. The van der Waals surface area contributed by atoms with Crippen LogP contribution in [0.15, 0.2) is 36.4 Å². The van der Waals surface area contributed by atoms with Gasteiger partial charge in [0.05, 0.1) is 10.0 Å². The maximum Gasteiger partial charge on any atom is 0.164 e. The van der Waals surface area contributed by atoms with Gasteiger partial charge >= 0.3 is 0 Å². The van der Waals surface area contributed by atoms with Gasteiger partial charge in [-0.1, -0.05) is 29.3 Å². The van der Waals surface area contributed by atoms with Crippen LogP contribution in [-0.4, -0.2) is 0 Å². The Bertz CT molecular complexity index is 552. The summed E-state index contributed by atoms with van der Waals surface area (Å²) in [5.74, 6) is 0.235. The van der Waals surface area contributed by atoms with Crippen LogP contribution in [0.1, 0.15) is 5.56 Å². The largest absolute Gasteiger partial charge is 0.454 e. The first-order valence-corrected chi connectivity index (χ1v) is 5.97. The van der Waals surface area contributed by atoms with Crippen molar-refractivity contribution in [2.75, 3.05) is 0 Å². The molecular weight excluding hydrogens is 276 g/mol. The van der Waals surface area contributed by atoms with Gasteiger partial charge in [-0.3, -0.25) is 0 Å². The molecule has 0 fully saturated rings. The molecule has 94 valence electrons. The van der Waals surface area contributed by atoms with Crippen molar-refractivity contribution in [3.63, 3.8) is 0 Å². The zero-order chi connectivity index (χ0) is 13.1. The maximum atomic E-state index is 13.0. The summed E-state index contributed by atoms with van der Waals surface area (Å²) in [6.07, 6.45) is 0. The number of nitrogens with two attached hydrogens (primary N) is 1. The van der Waals surface area contributed by atoms with E-state index < -0.39 is 5.82 Å². The van der Waals surface area contributed by atoms with Gasteiger partial charge in [0.15, 0.2) is 5.75 Å². The monoisotopic (exact) mass is 285 g/mol. The van der Waals surface area contributed by atoms with Crippen LogP contribution in [0.4, 0.5) is 4.39 Å². The number of ether oxygens (including phenoxy) is 1. The highest BCUT2D eigenvalue weighted by molar-refractivity contribution is 6.37. The second kappa shape index (κ2) is 5.57. The molecule has 0 spiro atoms. The smallest absolute Gasteiger partial charge is 0.164 e. The normalized spacial score (nSPS) is 10.4. The number of hydrogen-bond acceptors (Lipinski definition) is 2. The highest BCUT2D eigenvalue weighted by Crippen LogP contribution is 2.37. The predicted octanol–water partition coefficient (Wildman–Crippen LogP) is 4.38. The van der Waals surface area contributed by atoms with Crippen molar-refractivity contribution in [2.45, 2.75) is 6.54 Å². The SMILES string of the molecule is NCc1cc(Cl)c(Oc2cccc(F)c2)c(Cl)c1. The third-order valence-electron chi connectivity index (χ3n) is 2.31. The van der Waals surface area contributed by atoms with E-state index >= 15 is 0 Å². The van der Waals surface area contributed by atoms with E-state index in [1.807, 2.05) is 0 Å². The minimum absolute atomic E-state index is 0.293. The molecule has 0 aliphatic carbocycles. The fourth-order valence-electron chi connectivity index (χ4n) is 1.48. The molecular formula is C13H10Cl2FNO. The molecule has 0 aromatic heterocycles. The lowest BCUT2D eigenvalue weighted by molar-refractivity contribution is 0.477. The van der Waals surface area contributed by atoms with Crippen LogP contribution in [0.3, 0.4) is 0 Å². The van der Waals surface area contributed by atoms with Crippen molar-refractivity contribution in [3.05, 3.63) is 57.8 Å². The first-order chi connectivity index (χ1) is 8.60. The Kier molecular flexibility index (Phi) is 4.07. The van der Waals surface area contributed by atoms with Gasteiger partial charge in [0.25, 0.3) is 0 Å². The van der Waals surface area contributed by atoms with Crippen LogP contribution in [0.2, 0.25) is 10.0 Å². The number of benzene rings is 2. The van der Waals surface area contributed by atoms with E-state index in [4.69, 9.17) is 33.7 Å². The molecule has 2 nitrogen and oxygen atoms in total. The Labute approximate surface area is 114 Å². The lowest BCUT2D eigenvalue weighted by Gasteiger charge is -2.11. The summed E-state index contributed by atoms with van der Waals surface area (Å²) < 4.78 is 18.5. The van der Waals surface area contributed by atoms with E-state index in [1.54, 1.807) is 24.3 Å². The van der Waals surface area contributed by atoms with E-state index in [-0.39, 0.29) is 0 Å². The van der Waals surface area contributed by atoms with Gasteiger partial charge < -0.3 is 10.5 Å². The molecule has 2 rings (SSSR count). The summed E-state index contributed by atoms with van der Waals surface area (Å²) in [4.78, 5) is 0. The average molecular weight is 286 g/mol. The van der Waals surface area contributed by atoms with Crippen molar-refractivity contribution in [1.29, 1.82) is 0 Å². The number of rotatable bonds is 3. The van der Waals surface area contributed by atoms with Gasteiger partial charge in [-0.15, -0.1) is 0 Å². The second-order valence-corrected chi connectivity index (χ2v) is 4.47. The quantitative estimate of drug-likeness (QED) is 0.908. The summed E-state index contributed by atoms with van der Waals surface area (Å²) >= 11 is 12.1. The fraction of sp³-hybridized carbons (Fsp3) is 0.0769. The zero-order valence-corrected chi connectivity index (χ0v) is 10.8. The Morgan fingerprint density at radius 3 is 2.33 bits per heavy atom. The Balaban J connectivity index is 2.35. The Morgan fingerprint density at radius 1 is 1.11 bits per heavy atom. The highest BCUT2D eigenvalue weighted by Gasteiger charge is 2.10. The molecule has 0 heterocycles. The minimum atomic E-state index is -0.390. The maximum absolute atomic E-state index is 13.0. The Hall–Kier alpha value is -1.29. The summed E-state index contributed by atoms with van der Waals surface area (Å²) in [6.45, 7) is 0.333. The van der Waals surface area contributed by atoms with Crippen LogP contribution in [0.5, 0.6) is 11.5 Å². The van der Waals surface area contributed by atoms with Gasteiger partial charge in [0, 0.05) is 12.6 Å². The van der Waals surface area contributed by atoms with Crippen LogP contribution >= 0.6 is 23.2 Å². The van der Waals surface area contributed by atoms with Crippen LogP contribution in [0, 0.1) is 5.82 Å². The van der Waals surface area contributed by atoms with Crippen LogP contribution in [-0.2, 0) is 6.54 Å². The van der Waals surface area contributed by atoms with Crippen LogP contribution < -0.4 is 10.5 Å². The van der Waals surface area contributed by atoms with E-state index in [1.165, 1.54) is 12.1 Å². The molecule has 2 aromatic rings. The molecule has 2 aromatic carbocycles. The molecule has 0 bridgehead atoms. The van der Waals surface area contributed by atoms with Gasteiger partial charge in [-0.05, 0) is 29.8 Å². The minimum Gasteiger partial charge on any atom is -0.454 e. The van der Waals surface area contributed by atoms with Gasteiger partial charge in [-0.25, -0.2) is 4.39 Å². The van der Waals surface area contributed by atoms with Crippen molar-refractivity contribution in [1.82, 2.24) is 0 Å². The van der Waals surface area contributed by atoms with Gasteiger partial charge in [0.2, 0.25) is 0 Å². The fourth-order valence-corrected chi connectivity index (χ4v) is 2.09. The molecule has 0 saturated carbocycles. The second-order valence-electron chi connectivity index (χ2n) is 3.65. The predicted molar refractivity (Wildman–Crippen MR) is 70.8 cm³/mol. The highest BCUT2D eigenvalue weighted by atomic mass is 35.5. The molecule has 0 amide bonds. The molecule has 2 N–H and O–H groups in total. The van der Waals surface area contributed by atoms with E-state index in [2.05, 4.69) is 0 Å². The average Bonchev–Trinajstić information content (AvgIpc) is 2.33. The standard InChI is InChI=1S/C13H10Cl2FNO/c14-11-4-8(7-17)5-12(15)13(11)18-10-3-1-2-9(16)6-10/h1-6H,7,17H2. The molecule has 5 heteroatoms. The lowest BCUT2D eigenvalue weighted by Crippen LogP contribution is -1.97. The molecule has 0 aliphatic heterocycles. The molecule has 0 aliphatic rings. The number of hydrogen-bond donors (Lipinski definition) is 1. The summed E-state index contributed by atoms with van der Waals surface area (Å²) in [5, 5.41) is 0.680. The third-order valence-corrected chi connectivity index (χ3v) is 2.87. The molecule has 0 saturated heterocycles. The summed E-state index contributed by atoms with van der Waals surface area (Å²) in [7, 11) is 0. The van der Waals surface area contributed by atoms with Crippen molar-refractivity contribution in [2.24, 2.45) is 5.73 Å². The summed E-state index contributed by atoms with van der Waals surface area (Å²) in [5.41, 5.74) is 6.30. The molecule has 0 unspecified atom stereocenters. The van der Waals surface area contributed by atoms with Crippen LogP contribution in [0.25, 0.3) is 0 Å². The molecule has 0 radical (unpaired) electrons. The Morgan fingerprint density at radius 2 is 1.78 bits per heavy atom. The van der Waals surface area contributed by atoms with Crippen molar-refractivity contribution >= 4 is 23.2 Å². The summed E-state index contributed by atoms with van der Waals surface area (Å²) in [6, 6.07) is 9.08. The lowest BCUT2D eigenvalue weighted by atomic mass is 10.2. The van der Waals surface area contributed by atoms with E-state index in [0.717, 1.165) is 5.56 Å². The third kappa shape index (κ3) is 2.93. The first-order valence-electron chi connectivity index (χ1n) is 5.21. The van der Waals surface area contributed by atoms with Crippen molar-refractivity contribution < 1.29 is 9.13 Å². The topological polar surface area (TPSA) is 35.2 Å². The van der Waals surface area contributed by atoms with Gasteiger partial charge in [-0.2, -0.15) is 0 Å². The molecule has 0 atom stereocenters. The van der Waals surface area contributed by atoms with Gasteiger partial charge in [0.1, 0.15) is 11.6 Å². The van der Waals surface area contributed by atoms with E-state index in [0.29, 0.717) is 28.1 Å². The molecule has 18 heavy (non-hydrogen) atoms. The van der Waals surface area contributed by atoms with Crippen molar-refractivity contribution in [3.8, 4) is 11.5 Å². The first kappa shape index (κ1) is 13.1. The van der Waals surface area contributed by atoms with E-state index in [9.17, 15) is 4.39 Å².